The molecule has 0 saturated heterocycles. The van der Waals surface area contributed by atoms with E-state index >= 15 is 0 Å². The van der Waals surface area contributed by atoms with Gasteiger partial charge in [-0.05, 0) is 30.2 Å². The summed E-state index contributed by atoms with van der Waals surface area (Å²) in [6.07, 6.45) is -0.704. The second kappa shape index (κ2) is 4.95. The van der Waals surface area contributed by atoms with Gasteiger partial charge in [-0.1, -0.05) is 6.07 Å². The Balaban J connectivity index is 2.85. The first kappa shape index (κ1) is 11.0. The van der Waals surface area contributed by atoms with E-state index in [0.717, 1.165) is 16.9 Å². The SMILES string of the molecule is COc1ccc(C(O)CNO)cc1C. The van der Waals surface area contributed by atoms with Crippen molar-refractivity contribution in [3.8, 4) is 5.75 Å². The third-order valence-corrected chi connectivity index (χ3v) is 2.09. The summed E-state index contributed by atoms with van der Waals surface area (Å²) in [4.78, 5) is 0. The number of nitrogens with one attached hydrogen (secondary N) is 1. The van der Waals surface area contributed by atoms with Crippen LogP contribution in [0.2, 0.25) is 0 Å². The maximum atomic E-state index is 9.55. The summed E-state index contributed by atoms with van der Waals surface area (Å²) in [7, 11) is 1.60. The molecule has 0 saturated carbocycles. The van der Waals surface area contributed by atoms with Gasteiger partial charge in [0, 0.05) is 0 Å². The minimum Gasteiger partial charge on any atom is -0.496 e. The Morgan fingerprint density at radius 1 is 1.50 bits per heavy atom. The average molecular weight is 197 g/mol. The average Bonchev–Trinajstić information content (AvgIpc) is 2.18. The summed E-state index contributed by atoms with van der Waals surface area (Å²) in [5.41, 5.74) is 3.65. The highest BCUT2D eigenvalue weighted by Crippen LogP contribution is 2.21. The molecule has 0 heterocycles. The molecule has 78 valence electrons. The molecule has 0 aliphatic heterocycles. The van der Waals surface area contributed by atoms with Crippen LogP contribution in [0.5, 0.6) is 5.75 Å². The van der Waals surface area contributed by atoms with Crippen molar-refractivity contribution in [3.05, 3.63) is 29.3 Å². The van der Waals surface area contributed by atoms with Crippen molar-refractivity contribution in [2.45, 2.75) is 13.0 Å². The normalized spacial score (nSPS) is 12.6. The predicted molar refractivity (Wildman–Crippen MR) is 52.5 cm³/mol. The predicted octanol–water partition coefficient (Wildman–Crippen LogP) is 1.02. The number of hydrogen-bond acceptors (Lipinski definition) is 4. The Hall–Kier alpha value is -1.10. The molecular formula is C10H15NO3. The summed E-state index contributed by atoms with van der Waals surface area (Å²) in [6.45, 7) is 2.02. The molecule has 1 rings (SSSR count). The number of rotatable bonds is 4. The van der Waals surface area contributed by atoms with Crippen molar-refractivity contribution in [1.82, 2.24) is 5.48 Å². The topological polar surface area (TPSA) is 61.7 Å². The number of benzene rings is 1. The van der Waals surface area contributed by atoms with Crippen molar-refractivity contribution in [1.29, 1.82) is 0 Å². The zero-order valence-corrected chi connectivity index (χ0v) is 8.32. The van der Waals surface area contributed by atoms with Crippen molar-refractivity contribution in [2.24, 2.45) is 0 Å². The minimum atomic E-state index is -0.704. The van der Waals surface area contributed by atoms with Crippen molar-refractivity contribution in [3.63, 3.8) is 0 Å². The summed E-state index contributed by atoms with van der Waals surface area (Å²) in [5, 5.41) is 18.0. The Bertz CT molecular complexity index is 301. The van der Waals surface area contributed by atoms with E-state index in [-0.39, 0.29) is 6.54 Å². The van der Waals surface area contributed by atoms with Crippen LogP contribution in [-0.4, -0.2) is 24.0 Å². The van der Waals surface area contributed by atoms with Crippen LogP contribution in [0.4, 0.5) is 0 Å². The summed E-state index contributed by atoms with van der Waals surface area (Å²) < 4.78 is 5.09. The van der Waals surface area contributed by atoms with Gasteiger partial charge in [0.15, 0.2) is 0 Å². The van der Waals surface area contributed by atoms with Crippen molar-refractivity contribution >= 4 is 0 Å². The Labute approximate surface area is 83.1 Å². The van der Waals surface area contributed by atoms with Crippen molar-refractivity contribution < 1.29 is 15.1 Å². The zero-order valence-electron chi connectivity index (χ0n) is 8.32. The molecule has 0 bridgehead atoms. The highest BCUT2D eigenvalue weighted by atomic mass is 16.5. The van der Waals surface area contributed by atoms with Gasteiger partial charge in [-0.3, -0.25) is 0 Å². The lowest BCUT2D eigenvalue weighted by atomic mass is 10.1. The quantitative estimate of drug-likeness (QED) is 0.630. The molecular weight excluding hydrogens is 182 g/mol. The second-order valence-corrected chi connectivity index (χ2v) is 3.11. The largest absolute Gasteiger partial charge is 0.496 e. The summed E-state index contributed by atoms with van der Waals surface area (Å²) >= 11 is 0. The lowest BCUT2D eigenvalue weighted by molar-refractivity contribution is 0.0921. The van der Waals surface area contributed by atoms with Gasteiger partial charge in [0.25, 0.3) is 0 Å². The third kappa shape index (κ3) is 2.45. The van der Waals surface area contributed by atoms with Gasteiger partial charge in [-0.2, -0.15) is 0 Å². The van der Waals surface area contributed by atoms with Crippen LogP contribution in [0.1, 0.15) is 17.2 Å². The number of hydroxylamine groups is 1. The van der Waals surface area contributed by atoms with Gasteiger partial charge in [0.05, 0.1) is 19.8 Å². The molecule has 0 fully saturated rings. The Morgan fingerprint density at radius 3 is 2.71 bits per heavy atom. The number of aryl methyl sites for hydroxylation is 1. The molecule has 14 heavy (non-hydrogen) atoms. The number of aliphatic hydroxyl groups is 1. The van der Waals surface area contributed by atoms with Gasteiger partial charge in [-0.25, -0.2) is 5.48 Å². The van der Waals surface area contributed by atoms with Crippen LogP contribution in [-0.2, 0) is 0 Å². The van der Waals surface area contributed by atoms with Crippen LogP contribution in [0, 0.1) is 6.92 Å². The smallest absolute Gasteiger partial charge is 0.121 e. The molecule has 1 aromatic carbocycles. The van der Waals surface area contributed by atoms with E-state index in [0.29, 0.717) is 0 Å². The molecule has 0 amide bonds. The summed E-state index contributed by atoms with van der Waals surface area (Å²) in [5.74, 6) is 0.790. The number of hydrogen-bond donors (Lipinski definition) is 3. The van der Waals surface area contributed by atoms with E-state index in [2.05, 4.69) is 0 Å². The monoisotopic (exact) mass is 197 g/mol. The van der Waals surface area contributed by atoms with E-state index < -0.39 is 6.10 Å². The van der Waals surface area contributed by atoms with E-state index in [4.69, 9.17) is 9.94 Å². The first-order valence-electron chi connectivity index (χ1n) is 4.38. The van der Waals surface area contributed by atoms with E-state index in [9.17, 15) is 5.11 Å². The zero-order chi connectivity index (χ0) is 10.6. The number of aliphatic hydroxyl groups excluding tert-OH is 1. The van der Waals surface area contributed by atoms with Gasteiger partial charge in [0.2, 0.25) is 0 Å². The lowest BCUT2D eigenvalue weighted by Gasteiger charge is -2.12. The summed E-state index contributed by atoms with van der Waals surface area (Å²) in [6, 6.07) is 5.40. The number of ether oxygens (including phenoxy) is 1. The molecule has 3 N–H and O–H groups in total. The Kier molecular flexibility index (Phi) is 3.88. The highest BCUT2D eigenvalue weighted by molar-refractivity contribution is 5.37. The molecule has 4 heteroatoms. The van der Waals surface area contributed by atoms with E-state index in [1.165, 1.54) is 0 Å². The van der Waals surface area contributed by atoms with Gasteiger partial charge < -0.3 is 15.1 Å². The van der Waals surface area contributed by atoms with E-state index in [1.807, 2.05) is 18.5 Å². The Morgan fingerprint density at radius 2 is 2.21 bits per heavy atom. The molecule has 0 spiro atoms. The fraction of sp³-hybridized carbons (Fsp3) is 0.400. The van der Waals surface area contributed by atoms with Crippen LogP contribution < -0.4 is 10.2 Å². The highest BCUT2D eigenvalue weighted by Gasteiger charge is 2.08. The van der Waals surface area contributed by atoms with Crippen LogP contribution in [0.15, 0.2) is 18.2 Å². The van der Waals surface area contributed by atoms with Crippen LogP contribution in [0.25, 0.3) is 0 Å². The molecule has 0 aliphatic carbocycles. The van der Waals surface area contributed by atoms with Crippen LogP contribution >= 0.6 is 0 Å². The second-order valence-electron chi connectivity index (χ2n) is 3.11. The first-order valence-corrected chi connectivity index (χ1v) is 4.38. The molecule has 1 atom stereocenters. The fourth-order valence-electron chi connectivity index (χ4n) is 1.31. The van der Waals surface area contributed by atoms with Gasteiger partial charge >= 0.3 is 0 Å². The minimum absolute atomic E-state index is 0.117. The van der Waals surface area contributed by atoms with Gasteiger partial charge in [0.1, 0.15) is 5.75 Å². The third-order valence-electron chi connectivity index (χ3n) is 2.09. The number of methoxy groups -OCH3 is 1. The van der Waals surface area contributed by atoms with E-state index in [1.54, 1.807) is 19.2 Å². The van der Waals surface area contributed by atoms with Crippen LogP contribution in [0.3, 0.4) is 0 Å². The standard InChI is InChI=1S/C10H15NO3/c1-7-5-8(9(12)6-11-13)3-4-10(7)14-2/h3-5,9,11-13H,6H2,1-2H3. The maximum Gasteiger partial charge on any atom is 0.121 e. The molecule has 0 radical (unpaired) electrons. The molecule has 0 aromatic heterocycles. The molecule has 1 aromatic rings. The fourth-order valence-corrected chi connectivity index (χ4v) is 1.31. The van der Waals surface area contributed by atoms with Gasteiger partial charge in [-0.15, -0.1) is 0 Å². The van der Waals surface area contributed by atoms with Crippen molar-refractivity contribution in [2.75, 3.05) is 13.7 Å². The first-order chi connectivity index (χ1) is 6.69. The molecule has 0 aliphatic rings. The lowest BCUT2D eigenvalue weighted by Crippen LogP contribution is -2.17. The maximum absolute atomic E-state index is 9.55. The molecule has 1 unspecified atom stereocenters. The molecule has 4 nitrogen and oxygen atoms in total.